The number of carbonyl (C=O) groups is 1. The second-order valence-electron chi connectivity index (χ2n) is 5.90. The number of nitrogen functional groups attached to an aromatic ring is 1. The maximum Gasteiger partial charge on any atom is 0.232 e. The van der Waals surface area contributed by atoms with Crippen molar-refractivity contribution in [2.24, 2.45) is 5.92 Å². The fourth-order valence-corrected chi connectivity index (χ4v) is 3.89. The lowest BCUT2D eigenvalue weighted by Crippen LogP contribution is -2.40. The molecule has 5 heteroatoms. The van der Waals surface area contributed by atoms with Gasteiger partial charge in [0.15, 0.2) is 0 Å². The Kier molecular flexibility index (Phi) is 5.82. The molecule has 2 N–H and O–H groups in total. The Morgan fingerprint density at radius 3 is 2.71 bits per heavy atom. The lowest BCUT2D eigenvalue weighted by molar-refractivity contribution is -0.129. The summed E-state index contributed by atoms with van der Waals surface area (Å²) in [5.41, 5.74) is 6.43. The van der Waals surface area contributed by atoms with Crippen LogP contribution in [0.1, 0.15) is 32.6 Å². The third kappa shape index (κ3) is 4.55. The van der Waals surface area contributed by atoms with Crippen molar-refractivity contribution in [3.05, 3.63) is 23.2 Å². The molecular weight excluding hydrogens is 304 g/mol. The summed E-state index contributed by atoms with van der Waals surface area (Å²) in [4.78, 5) is 15.1. The summed E-state index contributed by atoms with van der Waals surface area (Å²) in [5, 5.41) is 0.649. The number of nitrogens with two attached hydrogens (primary N) is 1. The number of halogens is 1. The molecule has 116 valence electrons. The van der Waals surface area contributed by atoms with Gasteiger partial charge < -0.3 is 10.6 Å². The van der Waals surface area contributed by atoms with Crippen molar-refractivity contribution in [2.45, 2.75) is 43.5 Å². The molecule has 1 aliphatic rings. The smallest absolute Gasteiger partial charge is 0.232 e. The van der Waals surface area contributed by atoms with Gasteiger partial charge in [-0.25, -0.2) is 0 Å². The highest BCUT2D eigenvalue weighted by atomic mass is 35.5. The molecule has 1 amide bonds. The van der Waals surface area contributed by atoms with E-state index in [0.717, 1.165) is 23.7 Å². The van der Waals surface area contributed by atoms with Gasteiger partial charge in [-0.1, -0.05) is 18.5 Å². The van der Waals surface area contributed by atoms with Gasteiger partial charge in [0.05, 0.1) is 10.8 Å². The van der Waals surface area contributed by atoms with Crippen LogP contribution in [0.4, 0.5) is 5.69 Å². The molecule has 21 heavy (non-hydrogen) atoms. The minimum Gasteiger partial charge on any atom is -0.399 e. The summed E-state index contributed by atoms with van der Waals surface area (Å²) in [5.74, 6) is 1.37. The van der Waals surface area contributed by atoms with Gasteiger partial charge in [-0.3, -0.25) is 4.79 Å². The topological polar surface area (TPSA) is 46.3 Å². The van der Waals surface area contributed by atoms with Gasteiger partial charge >= 0.3 is 0 Å². The minimum atomic E-state index is 0.165. The van der Waals surface area contributed by atoms with Crippen LogP contribution in [0.2, 0.25) is 5.02 Å². The van der Waals surface area contributed by atoms with E-state index in [1.165, 1.54) is 24.6 Å². The van der Waals surface area contributed by atoms with E-state index in [-0.39, 0.29) is 5.91 Å². The van der Waals surface area contributed by atoms with E-state index in [1.54, 1.807) is 12.1 Å². The molecule has 0 bridgehead atoms. The molecule has 3 nitrogen and oxygen atoms in total. The Bertz CT molecular complexity index is 501. The van der Waals surface area contributed by atoms with Crippen molar-refractivity contribution < 1.29 is 4.79 Å². The van der Waals surface area contributed by atoms with Crippen LogP contribution >= 0.6 is 23.4 Å². The van der Waals surface area contributed by atoms with Crippen molar-refractivity contribution >= 4 is 35.0 Å². The number of carbonyl (C=O) groups excluding carboxylic acids is 1. The van der Waals surface area contributed by atoms with Crippen LogP contribution in [0.5, 0.6) is 0 Å². The van der Waals surface area contributed by atoms with Gasteiger partial charge in [-0.05, 0) is 49.8 Å². The summed E-state index contributed by atoms with van der Waals surface area (Å²) in [6.45, 7) is 2.29. The highest BCUT2D eigenvalue weighted by molar-refractivity contribution is 8.00. The van der Waals surface area contributed by atoms with E-state index in [0.29, 0.717) is 22.5 Å². The van der Waals surface area contributed by atoms with Crippen LogP contribution in [-0.4, -0.2) is 29.6 Å². The summed E-state index contributed by atoms with van der Waals surface area (Å²) in [6.07, 6.45) is 4.67. The first-order chi connectivity index (χ1) is 9.97. The number of rotatable bonds is 4. The largest absolute Gasteiger partial charge is 0.399 e. The molecule has 1 fully saturated rings. The van der Waals surface area contributed by atoms with Gasteiger partial charge in [0.1, 0.15) is 0 Å². The first-order valence-corrected chi connectivity index (χ1v) is 8.77. The van der Waals surface area contributed by atoms with E-state index < -0.39 is 0 Å². The molecule has 1 aliphatic carbocycles. The number of anilines is 1. The van der Waals surface area contributed by atoms with Gasteiger partial charge in [-0.2, -0.15) is 0 Å². The second-order valence-corrected chi connectivity index (χ2v) is 7.32. The number of nitrogens with zero attached hydrogens (tertiary/aromatic N) is 1. The molecule has 1 aromatic rings. The normalized spacial score (nSPS) is 22.0. The molecule has 0 saturated heterocycles. The third-order valence-electron chi connectivity index (χ3n) is 4.23. The van der Waals surface area contributed by atoms with Crippen molar-refractivity contribution in [2.75, 3.05) is 18.5 Å². The quantitative estimate of drug-likeness (QED) is 0.670. The van der Waals surface area contributed by atoms with Crippen LogP contribution in [0.3, 0.4) is 0 Å². The molecule has 0 aliphatic heterocycles. The van der Waals surface area contributed by atoms with Crippen LogP contribution in [-0.2, 0) is 4.79 Å². The first-order valence-electron chi connectivity index (χ1n) is 7.41. The Balaban J connectivity index is 1.87. The zero-order valence-electron chi connectivity index (χ0n) is 12.6. The highest BCUT2D eigenvalue weighted by Gasteiger charge is 2.24. The number of hydrogen-bond acceptors (Lipinski definition) is 3. The Morgan fingerprint density at radius 1 is 1.38 bits per heavy atom. The zero-order chi connectivity index (χ0) is 15.4. The van der Waals surface area contributed by atoms with Gasteiger partial charge in [-0.15, -0.1) is 11.8 Å². The van der Waals surface area contributed by atoms with Crippen molar-refractivity contribution in [1.82, 2.24) is 4.90 Å². The average molecular weight is 327 g/mol. The predicted molar refractivity (Wildman–Crippen MR) is 90.8 cm³/mol. The minimum absolute atomic E-state index is 0.165. The van der Waals surface area contributed by atoms with Crippen LogP contribution in [0, 0.1) is 5.92 Å². The van der Waals surface area contributed by atoms with Crippen molar-refractivity contribution in [3.8, 4) is 0 Å². The lowest BCUT2D eigenvalue weighted by Gasteiger charge is -2.33. The van der Waals surface area contributed by atoms with E-state index in [9.17, 15) is 4.79 Å². The van der Waals surface area contributed by atoms with Gasteiger partial charge in [0, 0.05) is 23.7 Å². The van der Waals surface area contributed by atoms with Crippen molar-refractivity contribution in [1.29, 1.82) is 0 Å². The number of benzene rings is 1. The molecule has 0 aromatic heterocycles. The Morgan fingerprint density at radius 2 is 2.05 bits per heavy atom. The van der Waals surface area contributed by atoms with Crippen molar-refractivity contribution in [3.63, 3.8) is 0 Å². The summed E-state index contributed by atoms with van der Waals surface area (Å²) < 4.78 is 0. The monoisotopic (exact) mass is 326 g/mol. The molecule has 0 radical (unpaired) electrons. The third-order valence-corrected chi connectivity index (χ3v) is 5.71. The van der Waals surface area contributed by atoms with E-state index in [4.69, 9.17) is 17.3 Å². The number of thioether (sulfide) groups is 1. The van der Waals surface area contributed by atoms with Gasteiger partial charge in [0.25, 0.3) is 0 Å². The van der Waals surface area contributed by atoms with E-state index >= 15 is 0 Å². The SMILES string of the molecule is CC1CCC(N(C)C(=O)CSc2cc(N)ccc2Cl)CC1. The van der Waals surface area contributed by atoms with Crippen LogP contribution in [0.25, 0.3) is 0 Å². The van der Waals surface area contributed by atoms with Gasteiger partial charge in [0.2, 0.25) is 5.91 Å². The predicted octanol–water partition coefficient (Wildman–Crippen LogP) is 4.05. The summed E-state index contributed by atoms with van der Waals surface area (Å²) in [7, 11) is 1.92. The molecular formula is C16H23ClN2OS. The highest BCUT2D eigenvalue weighted by Crippen LogP contribution is 2.30. The molecule has 0 spiro atoms. The summed E-state index contributed by atoms with van der Waals surface area (Å²) >= 11 is 7.58. The second kappa shape index (κ2) is 7.41. The zero-order valence-corrected chi connectivity index (χ0v) is 14.2. The average Bonchev–Trinajstić information content (AvgIpc) is 2.48. The fourth-order valence-electron chi connectivity index (χ4n) is 2.71. The molecule has 0 unspecified atom stereocenters. The lowest BCUT2D eigenvalue weighted by atomic mass is 9.87. The molecule has 1 saturated carbocycles. The van der Waals surface area contributed by atoms with Crippen LogP contribution in [0.15, 0.2) is 23.1 Å². The first kappa shape index (κ1) is 16.5. The molecule has 2 rings (SSSR count). The van der Waals surface area contributed by atoms with E-state index in [2.05, 4.69) is 6.92 Å². The maximum absolute atomic E-state index is 12.3. The van der Waals surface area contributed by atoms with Crippen LogP contribution < -0.4 is 5.73 Å². The summed E-state index contributed by atoms with van der Waals surface area (Å²) in [6, 6.07) is 5.76. The maximum atomic E-state index is 12.3. The molecule has 0 heterocycles. The number of amides is 1. The Hall–Kier alpha value is -0.870. The Labute approximate surface area is 136 Å². The van der Waals surface area contributed by atoms with E-state index in [1.807, 2.05) is 18.0 Å². The fraction of sp³-hybridized carbons (Fsp3) is 0.562. The number of hydrogen-bond donors (Lipinski definition) is 1. The molecule has 0 atom stereocenters. The standard InChI is InChI=1S/C16H23ClN2OS/c1-11-3-6-13(7-4-11)19(2)16(20)10-21-15-9-12(18)5-8-14(15)17/h5,8-9,11,13H,3-4,6-7,10,18H2,1-2H3. The molecule has 1 aromatic carbocycles.